The monoisotopic (exact) mass is 252 g/mol. The van der Waals surface area contributed by atoms with Gasteiger partial charge in [-0.05, 0) is 12.1 Å². The minimum absolute atomic E-state index is 0.190. The standard InChI is InChI=1S/C10H9ClN4O2/c1-17-10(16)8-4-6(2-3-13-8)15-5-7(11)9(12)14-15/h2-5H,1H3,(H2,12,14). The Balaban J connectivity index is 2.42. The molecule has 2 heterocycles. The Hall–Kier alpha value is -2.08. The van der Waals surface area contributed by atoms with Crippen molar-refractivity contribution in [3.8, 4) is 5.69 Å². The van der Waals surface area contributed by atoms with E-state index < -0.39 is 5.97 Å². The van der Waals surface area contributed by atoms with Gasteiger partial charge in [-0.1, -0.05) is 11.6 Å². The summed E-state index contributed by atoms with van der Waals surface area (Å²) in [6, 6.07) is 3.21. The van der Waals surface area contributed by atoms with E-state index in [2.05, 4.69) is 14.8 Å². The third-order valence-electron chi connectivity index (χ3n) is 2.10. The third-order valence-corrected chi connectivity index (χ3v) is 2.39. The Morgan fingerprint density at radius 1 is 1.59 bits per heavy atom. The van der Waals surface area contributed by atoms with Crippen molar-refractivity contribution in [3.05, 3.63) is 35.2 Å². The summed E-state index contributed by atoms with van der Waals surface area (Å²) >= 11 is 5.79. The third kappa shape index (κ3) is 2.21. The summed E-state index contributed by atoms with van der Waals surface area (Å²) in [5.74, 6) is -0.291. The molecule has 2 N–H and O–H groups in total. The van der Waals surface area contributed by atoms with Gasteiger partial charge in [-0.15, -0.1) is 5.10 Å². The van der Waals surface area contributed by atoms with E-state index in [0.29, 0.717) is 10.7 Å². The van der Waals surface area contributed by atoms with Crippen LogP contribution in [0.2, 0.25) is 5.02 Å². The Morgan fingerprint density at radius 3 is 2.94 bits per heavy atom. The molecule has 0 spiro atoms. The van der Waals surface area contributed by atoms with Gasteiger partial charge in [0.25, 0.3) is 0 Å². The molecule has 0 aliphatic rings. The van der Waals surface area contributed by atoms with Crippen LogP contribution in [-0.2, 0) is 4.74 Å². The highest BCUT2D eigenvalue weighted by Gasteiger charge is 2.10. The Bertz CT molecular complexity index is 548. The second-order valence-corrected chi connectivity index (χ2v) is 3.60. The zero-order valence-corrected chi connectivity index (χ0v) is 9.68. The van der Waals surface area contributed by atoms with Crippen LogP contribution in [0.3, 0.4) is 0 Å². The van der Waals surface area contributed by atoms with Gasteiger partial charge in [-0.2, -0.15) is 0 Å². The lowest BCUT2D eigenvalue weighted by atomic mass is 10.3. The molecule has 7 heteroatoms. The number of anilines is 1. The van der Waals surface area contributed by atoms with Crippen molar-refractivity contribution < 1.29 is 9.53 Å². The zero-order chi connectivity index (χ0) is 12.4. The number of pyridine rings is 1. The van der Waals surface area contributed by atoms with Gasteiger partial charge in [0.2, 0.25) is 0 Å². The molecule has 0 atom stereocenters. The lowest BCUT2D eigenvalue weighted by Crippen LogP contribution is -2.06. The summed E-state index contributed by atoms with van der Waals surface area (Å²) in [4.78, 5) is 15.2. The minimum atomic E-state index is -0.516. The number of nitrogens with two attached hydrogens (primary N) is 1. The number of rotatable bonds is 2. The average Bonchev–Trinajstić information content (AvgIpc) is 2.69. The van der Waals surface area contributed by atoms with Crippen molar-refractivity contribution in [2.75, 3.05) is 12.8 Å². The number of nitrogens with zero attached hydrogens (tertiary/aromatic N) is 3. The van der Waals surface area contributed by atoms with Crippen molar-refractivity contribution in [2.45, 2.75) is 0 Å². The maximum atomic E-state index is 11.3. The predicted octanol–water partition coefficient (Wildman–Crippen LogP) is 1.29. The van der Waals surface area contributed by atoms with E-state index in [1.807, 2.05) is 0 Å². The lowest BCUT2D eigenvalue weighted by molar-refractivity contribution is 0.0594. The van der Waals surface area contributed by atoms with Gasteiger partial charge in [0.1, 0.15) is 10.7 Å². The molecule has 0 amide bonds. The molecule has 2 aromatic heterocycles. The minimum Gasteiger partial charge on any atom is -0.464 e. The number of aromatic nitrogens is 3. The molecule has 2 aromatic rings. The molecule has 0 aromatic carbocycles. The van der Waals surface area contributed by atoms with Gasteiger partial charge in [-0.25, -0.2) is 14.5 Å². The molecule has 0 aliphatic carbocycles. The molecule has 0 radical (unpaired) electrons. The summed E-state index contributed by atoms with van der Waals surface area (Å²) in [7, 11) is 1.29. The SMILES string of the molecule is COC(=O)c1cc(-n2cc(Cl)c(N)n2)ccn1. The van der Waals surface area contributed by atoms with Crippen LogP contribution in [-0.4, -0.2) is 27.8 Å². The number of carbonyl (C=O) groups is 1. The van der Waals surface area contributed by atoms with Crippen LogP contribution < -0.4 is 5.73 Å². The lowest BCUT2D eigenvalue weighted by Gasteiger charge is -2.02. The first kappa shape index (κ1) is 11.4. The maximum absolute atomic E-state index is 11.3. The normalized spacial score (nSPS) is 10.2. The van der Waals surface area contributed by atoms with Gasteiger partial charge in [0, 0.05) is 6.20 Å². The molecule has 0 saturated heterocycles. The molecule has 2 rings (SSSR count). The maximum Gasteiger partial charge on any atom is 0.356 e. The highest BCUT2D eigenvalue weighted by molar-refractivity contribution is 6.32. The number of halogens is 1. The number of ether oxygens (including phenoxy) is 1. The van der Waals surface area contributed by atoms with Crippen LogP contribution in [0.25, 0.3) is 5.69 Å². The second kappa shape index (κ2) is 4.42. The molecule has 88 valence electrons. The van der Waals surface area contributed by atoms with Crippen LogP contribution >= 0.6 is 11.6 Å². The fourth-order valence-corrected chi connectivity index (χ4v) is 1.41. The van der Waals surface area contributed by atoms with Crippen molar-refractivity contribution in [1.29, 1.82) is 0 Å². The van der Waals surface area contributed by atoms with E-state index in [1.165, 1.54) is 24.1 Å². The number of hydrogen-bond donors (Lipinski definition) is 1. The summed E-state index contributed by atoms with van der Waals surface area (Å²) in [5.41, 5.74) is 6.34. The molecule has 6 nitrogen and oxygen atoms in total. The smallest absolute Gasteiger partial charge is 0.356 e. The predicted molar refractivity (Wildman–Crippen MR) is 62.1 cm³/mol. The Morgan fingerprint density at radius 2 is 2.35 bits per heavy atom. The molecular formula is C10H9ClN4O2. The fourth-order valence-electron chi connectivity index (χ4n) is 1.28. The first-order valence-corrected chi connectivity index (χ1v) is 5.05. The molecule has 0 bridgehead atoms. The quantitative estimate of drug-likeness (QED) is 0.815. The zero-order valence-electron chi connectivity index (χ0n) is 8.92. The van der Waals surface area contributed by atoms with Gasteiger partial charge >= 0.3 is 5.97 Å². The number of carbonyl (C=O) groups excluding carboxylic acids is 1. The summed E-state index contributed by atoms with van der Waals surface area (Å²) in [5, 5.41) is 4.34. The highest BCUT2D eigenvalue weighted by atomic mass is 35.5. The number of nitrogen functional groups attached to an aromatic ring is 1. The van der Waals surface area contributed by atoms with Crippen molar-refractivity contribution >= 4 is 23.4 Å². The van der Waals surface area contributed by atoms with Gasteiger partial charge in [0.05, 0.1) is 19.0 Å². The summed E-state index contributed by atoms with van der Waals surface area (Å²) in [6.07, 6.45) is 3.03. The molecule has 0 aliphatic heterocycles. The molecular weight excluding hydrogens is 244 g/mol. The van der Waals surface area contributed by atoms with E-state index >= 15 is 0 Å². The van der Waals surface area contributed by atoms with Crippen molar-refractivity contribution in [3.63, 3.8) is 0 Å². The summed E-state index contributed by atoms with van der Waals surface area (Å²) in [6.45, 7) is 0. The largest absolute Gasteiger partial charge is 0.464 e. The average molecular weight is 253 g/mol. The van der Waals surface area contributed by atoms with Gasteiger partial charge in [-0.3, -0.25) is 0 Å². The van der Waals surface area contributed by atoms with Crippen molar-refractivity contribution in [2.24, 2.45) is 0 Å². The first-order valence-electron chi connectivity index (χ1n) is 4.67. The van der Waals surface area contributed by atoms with E-state index in [9.17, 15) is 4.79 Å². The van der Waals surface area contributed by atoms with Gasteiger partial charge < -0.3 is 10.5 Å². The Kier molecular flexibility index (Phi) is 2.97. The van der Waals surface area contributed by atoms with Crippen molar-refractivity contribution in [1.82, 2.24) is 14.8 Å². The molecule has 0 saturated carbocycles. The number of esters is 1. The van der Waals surface area contributed by atoms with E-state index in [4.69, 9.17) is 17.3 Å². The van der Waals surface area contributed by atoms with E-state index in [0.717, 1.165) is 0 Å². The molecule has 0 fully saturated rings. The van der Waals surface area contributed by atoms with E-state index in [1.54, 1.807) is 12.3 Å². The first-order chi connectivity index (χ1) is 8.11. The molecule has 0 unspecified atom stereocenters. The van der Waals surface area contributed by atoms with E-state index in [-0.39, 0.29) is 11.5 Å². The van der Waals surface area contributed by atoms with Gasteiger partial charge in [0.15, 0.2) is 5.82 Å². The fraction of sp³-hybridized carbons (Fsp3) is 0.100. The van der Waals surface area contributed by atoms with Crippen LogP contribution in [0.4, 0.5) is 5.82 Å². The second-order valence-electron chi connectivity index (χ2n) is 3.20. The van der Waals surface area contributed by atoms with Crippen LogP contribution in [0.15, 0.2) is 24.5 Å². The molecule has 17 heavy (non-hydrogen) atoms. The van der Waals surface area contributed by atoms with Crippen LogP contribution in [0.5, 0.6) is 0 Å². The number of hydrogen-bond acceptors (Lipinski definition) is 5. The highest BCUT2D eigenvalue weighted by Crippen LogP contribution is 2.18. The van der Waals surface area contributed by atoms with Crippen LogP contribution in [0.1, 0.15) is 10.5 Å². The van der Waals surface area contributed by atoms with Crippen LogP contribution in [0, 0.1) is 0 Å². The summed E-state index contributed by atoms with van der Waals surface area (Å²) < 4.78 is 6.04. The number of methoxy groups -OCH3 is 1. The topological polar surface area (TPSA) is 83.0 Å². The Labute approximate surface area is 102 Å².